The average molecular weight is 124 g/mol. The lowest BCUT2D eigenvalue weighted by atomic mass is 10.2. The number of hydrogen-bond donors (Lipinski definition) is 1. The van der Waals surface area contributed by atoms with Gasteiger partial charge in [0, 0.05) is 6.42 Å². The summed E-state index contributed by atoms with van der Waals surface area (Å²) in [6, 6.07) is 0. The Balaban J connectivity index is 3.46. The standard InChI is InChI=1S/C8H12O/c1-3-5-7-8(9)6-4-2/h3,5,8-9H,7H2,1-2H3/b5-3+. The van der Waals surface area contributed by atoms with Crippen molar-refractivity contribution in [2.75, 3.05) is 0 Å². The van der Waals surface area contributed by atoms with Crippen LogP contribution < -0.4 is 0 Å². The Morgan fingerprint density at radius 3 is 2.78 bits per heavy atom. The molecule has 0 aromatic heterocycles. The molecule has 0 aliphatic rings. The predicted molar refractivity (Wildman–Crippen MR) is 38.9 cm³/mol. The summed E-state index contributed by atoms with van der Waals surface area (Å²) in [5, 5.41) is 8.96. The van der Waals surface area contributed by atoms with Crippen molar-refractivity contribution in [3.05, 3.63) is 12.2 Å². The summed E-state index contributed by atoms with van der Waals surface area (Å²) in [5.74, 6) is 5.28. The predicted octanol–water partition coefficient (Wildman–Crippen LogP) is 1.34. The maximum atomic E-state index is 8.96. The molecule has 0 aliphatic heterocycles. The fourth-order valence-corrected chi connectivity index (χ4v) is 0.491. The van der Waals surface area contributed by atoms with Crippen molar-refractivity contribution in [3.8, 4) is 11.8 Å². The third kappa shape index (κ3) is 5.13. The monoisotopic (exact) mass is 124 g/mol. The van der Waals surface area contributed by atoms with Crippen LogP contribution in [-0.4, -0.2) is 11.2 Å². The van der Waals surface area contributed by atoms with Gasteiger partial charge in [-0.1, -0.05) is 18.1 Å². The lowest BCUT2D eigenvalue weighted by Crippen LogP contribution is -1.99. The van der Waals surface area contributed by atoms with Crippen LogP contribution in [0.3, 0.4) is 0 Å². The van der Waals surface area contributed by atoms with Crippen LogP contribution in [0.25, 0.3) is 0 Å². The minimum Gasteiger partial charge on any atom is -0.380 e. The molecular formula is C8H12O. The van der Waals surface area contributed by atoms with Gasteiger partial charge in [-0.3, -0.25) is 0 Å². The van der Waals surface area contributed by atoms with Crippen molar-refractivity contribution in [3.63, 3.8) is 0 Å². The van der Waals surface area contributed by atoms with Crippen molar-refractivity contribution in [2.45, 2.75) is 26.4 Å². The van der Waals surface area contributed by atoms with Gasteiger partial charge < -0.3 is 5.11 Å². The van der Waals surface area contributed by atoms with Crippen molar-refractivity contribution in [1.82, 2.24) is 0 Å². The molecule has 0 rings (SSSR count). The average Bonchev–Trinajstić information content (AvgIpc) is 1.85. The molecule has 1 heteroatoms. The first-order valence-corrected chi connectivity index (χ1v) is 3.02. The molecular weight excluding hydrogens is 112 g/mol. The van der Waals surface area contributed by atoms with E-state index >= 15 is 0 Å². The molecule has 1 N–H and O–H groups in total. The van der Waals surface area contributed by atoms with E-state index in [1.807, 2.05) is 19.1 Å². The second-order valence-corrected chi connectivity index (χ2v) is 1.71. The maximum absolute atomic E-state index is 8.96. The van der Waals surface area contributed by atoms with Crippen LogP contribution in [-0.2, 0) is 0 Å². The topological polar surface area (TPSA) is 20.2 Å². The Labute approximate surface area is 56.4 Å². The highest BCUT2D eigenvalue weighted by Crippen LogP contribution is 1.89. The first kappa shape index (κ1) is 8.26. The summed E-state index contributed by atoms with van der Waals surface area (Å²) >= 11 is 0. The molecule has 1 unspecified atom stereocenters. The van der Waals surface area contributed by atoms with Gasteiger partial charge in [-0.25, -0.2) is 0 Å². The van der Waals surface area contributed by atoms with Gasteiger partial charge in [-0.05, 0) is 13.8 Å². The van der Waals surface area contributed by atoms with E-state index in [9.17, 15) is 0 Å². The summed E-state index contributed by atoms with van der Waals surface area (Å²) < 4.78 is 0. The van der Waals surface area contributed by atoms with Gasteiger partial charge in [0.1, 0.15) is 6.10 Å². The van der Waals surface area contributed by atoms with Crippen LogP contribution in [0.5, 0.6) is 0 Å². The molecule has 0 heterocycles. The zero-order chi connectivity index (χ0) is 7.11. The molecule has 0 bridgehead atoms. The number of rotatable bonds is 2. The minimum atomic E-state index is -0.480. The molecule has 0 aromatic carbocycles. The summed E-state index contributed by atoms with van der Waals surface area (Å²) in [5.41, 5.74) is 0. The van der Waals surface area contributed by atoms with Crippen LogP contribution in [0.1, 0.15) is 20.3 Å². The van der Waals surface area contributed by atoms with Crippen LogP contribution in [0.2, 0.25) is 0 Å². The van der Waals surface area contributed by atoms with E-state index in [0.717, 1.165) is 0 Å². The summed E-state index contributed by atoms with van der Waals surface area (Å²) in [4.78, 5) is 0. The van der Waals surface area contributed by atoms with Gasteiger partial charge in [-0.2, -0.15) is 0 Å². The first-order chi connectivity index (χ1) is 4.31. The van der Waals surface area contributed by atoms with E-state index in [-0.39, 0.29) is 0 Å². The number of aliphatic hydroxyl groups excluding tert-OH is 1. The van der Waals surface area contributed by atoms with Gasteiger partial charge in [0.2, 0.25) is 0 Å². The molecule has 1 atom stereocenters. The Morgan fingerprint density at radius 2 is 2.33 bits per heavy atom. The van der Waals surface area contributed by atoms with Gasteiger partial charge in [0.15, 0.2) is 0 Å². The molecule has 0 saturated carbocycles. The third-order valence-electron chi connectivity index (χ3n) is 0.906. The fourth-order valence-electron chi connectivity index (χ4n) is 0.491. The Kier molecular flexibility index (Phi) is 4.95. The van der Waals surface area contributed by atoms with Crippen molar-refractivity contribution >= 4 is 0 Å². The molecule has 0 aliphatic carbocycles. The van der Waals surface area contributed by atoms with E-state index < -0.39 is 6.10 Å². The largest absolute Gasteiger partial charge is 0.380 e. The van der Waals surface area contributed by atoms with Gasteiger partial charge in [0.05, 0.1) is 0 Å². The van der Waals surface area contributed by atoms with E-state index in [1.54, 1.807) is 6.92 Å². The second kappa shape index (κ2) is 5.40. The fraction of sp³-hybridized carbons (Fsp3) is 0.500. The zero-order valence-corrected chi connectivity index (χ0v) is 5.89. The summed E-state index contributed by atoms with van der Waals surface area (Å²) in [6.45, 7) is 3.64. The Morgan fingerprint density at radius 1 is 1.67 bits per heavy atom. The third-order valence-corrected chi connectivity index (χ3v) is 0.906. The molecule has 0 spiro atoms. The normalized spacial score (nSPS) is 12.8. The Bertz CT molecular complexity index is 136. The number of aliphatic hydroxyl groups is 1. The molecule has 9 heavy (non-hydrogen) atoms. The quantitative estimate of drug-likeness (QED) is 0.435. The first-order valence-electron chi connectivity index (χ1n) is 3.02. The second-order valence-electron chi connectivity index (χ2n) is 1.71. The molecule has 0 aromatic rings. The Hall–Kier alpha value is -0.740. The van der Waals surface area contributed by atoms with E-state index in [4.69, 9.17) is 5.11 Å². The molecule has 0 saturated heterocycles. The van der Waals surface area contributed by atoms with Crippen LogP contribution >= 0.6 is 0 Å². The highest BCUT2D eigenvalue weighted by atomic mass is 16.3. The molecule has 1 nitrogen and oxygen atoms in total. The van der Waals surface area contributed by atoms with Crippen molar-refractivity contribution in [1.29, 1.82) is 0 Å². The molecule has 0 amide bonds. The SMILES string of the molecule is CC#CC(O)C/C=C/C. The lowest BCUT2D eigenvalue weighted by molar-refractivity contribution is 0.236. The highest BCUT2D eigenvalue weighted by Gasteiger charge is 1.90. The van der Waals surface area contributed by atoms with Crippen LogP contribution in [0.15, 0.2) is 12.2 Å². The summed E-state index contributed by atoms with van der Waals surface area (Å²) in [6.07, 6.45) is 3.96. The van der Waals surface area contributed by atoms with Crippen LogP contribution in [0, 0.1) is 11.8 Å². The number of hydrogen-bond acceptors (Lipinski definition) is 1. The molecule has 0 radical (unpaired) electrons. The van der Waals surface area contributed by atoms with Gasteiger partial charge >= 0.3 is 0 Å². The molecule has 50 valence electrons. The zero-order valence-electron chi connectivity index (χ0n) is 5.89. The summed E-state index contributed by atoms with van der Waals surface area (Å²) in [7, 11) is 0. The van der Waals surface area contributed by atoms with Gasteiger partial charge in [0.25, 0.3) is 0 Å². The van der Waals surface area contributed by atoms with E-state index in [1.165, 1.54) is 0 Å². The van der Waals surface area contributed by atoms with E-state index in [0.29, 0.717) is 6.42 Å². The maximum Gasteiger partial charge on any atom is 0.118 e. The number of allylic oxidation sites excluding steroid dienone is 1. The molecule has 0 fully saturated rings. The van der Waals surface area contributed by atoms with Crippen molar-refractivity contribution in [2.24, 2.45) is 0 Å². The van der Waals surface area contributed by atoms with Gasteiger partial charge in [-0.15, -0.1) is 5.92 Å². The van der Waals surface area contributed by atoms with E-state index in [2.05, 4.69) is 11.8 Å². The van der Waals surface area contributed by atoms with Crippen molar-refractivity contribution < 1.29 is 5.11 Å². The lowest BCUT2D eigenvalue weighted by Gasteiger charge is -1.94. The minimum absolute atomic E-state index is 0.480. The van der Waals surface area contributed by atoms with Crippen LogP contribution in [0.4, 0.5) is 0 Å². The highest BCUT2D eigenvalue weighted by molar-refractivity contribution is 5.03. The smallest absolute Gasteiger partial charge is 0.118 e.